The van der Waals surface area contributed by atoms with Crippen molar-refractivity contribution in [1.82, 2.24) is 0 Å². The Labute approximate surface area is 236 Å². The summed E-state index contributed by atoms with van der Waals surface area (Å²) in [6.07, 6.45) is 8.54. The van der Waals surface area contributed by atoms with Gasteiger partial charge in [0.25, 0.3) is 0 Å². The fourth-order valence-corrected chi connectivity index (χ4v) is 6.02. The van der Waals surface area contributed by atoms with E-state index in [1.807, 2.05) is 0 Å². The summed E-state index contributed by atoms with van der Waals surface area (Å²) in [6.45, 7) is 2.19. The molecular formula is C37H29BN2. The summed E-state index contributed by atoms with van der Waals surface area (Å²) < 4.78 is 0. The van der Waals surface area contributed by atoms with Crippen LogP contribution in [0.15, 0.2) is 163 Å². The van der Waals surface area contributed by atoms with Gasteiger partial charge in [0.2, 0.25) is 6.71 Å². The van der Waals surface area contributed by atoms with Crippen molar-refractivity contribution < 1.29 is 0 Å². The Kier molecular flexibility index (Phi) is 6.18. The van der Waals surface area contributed by atoms with E-state index in [1.54, 1.807) is 0 Å². The average molecular weight is 512 g/mol. The van der Waals surface area contributed by atoms with Gasteiger partial charge in [-0.15, -0.1) is 0 Å². The highest BCUT2D eigenvalue weighted by molar-refractivity contribution is 6.93. The first kappa shape index (κ1) is 24.1. The lowest BCUT2D eigenvalue weighted by molar-refractivity contribution is 1.20. The Morgan fingerprint density at radius 3 is 1.80 bits per heavy atom. The molecule has 40 heavy (non-hydrogen) atoms. The molecule has 7 rings (SSSR count). The maximum Gasteiger partial charge on any atom is 0.244 e. The number of rotatable bonds is 5. The van der Waals surface area contributed by atoms with Crippen LogP contribution in [0.5, 0.6) is 0 Å². The zero-order valence-corrected chi connectivity index (χ0v) is 22.5. The van der Waals surface area contributed by atoms with Crippen molar-refractivity contribution in [2.24, 2.45) is 0 Å². The van der Waals surface area contributed by atoms with E-state index in [0.717, 1.165) is 11.4 Å². The molecule has 2 aliphatic heterocycles. The molecule has 0 amide bonds. The second-order valence-corrected chi connectivity index (χ2v) is 10.1. The number of para-hydroxylation sites is 3. The summed E-state index contributed by atoms with van der Waals surface area (Å²) >= 11 is 0. The lowest BCUT2D eigenvalue weighted by atomic mass is 9.37. The number of benzene rings is 5. The quantitative estimate of drug-likeness (QED) is 0.172. The normalized spacial score (nSPS) is 13.9. The third-order valence-electron chi connectivity index (χ3n) is 7.74. The lowest BCUT2D eigenvalue weighted by Gasteiger charge is -2.42. The Hall–Kier alpha value is -5.02. The summed E-state index contributed by atoms with van der Waals surface area (Å²) in [6, 6.07) is 45.8. The van der Waals surface area contributed by atoms with Crippen LogP contribution in [0.1, 0.15) is 6.92 Å². The molecule has 0 saturated carbocycles. The number of nitrogens with zero attached hydrogens (tertiary/aromatic N) is 2. The van der Waals surface area contributed by atoms with Crippen LogP contribution < -0.4 is 20.7 Å². The van der Waals surface area contributed by atoms with E-state index in [9.17, 15) is 0 Å². The van der Waals surface area contributed by atoms with Crippen molar-refractivity contribution in [3.8, 4) is 11.1 Å². The molecule has 3 heteroatoms. The lowest BCUT2D eigenvalue weighted by Crippen LogP contribution is -2.53. The Morgan fingerprint density at radius 1 is 0.550 bits per heavy atom. The first-order valence-corrected chi connectivity index (χ1v) is 13.9. The highest BCUT2D eigenvalue weighted by Gasteiger charge is 2.39. The van der Waals surface area contributed by atoms with E-state index >= 15 is 0 Å². The SMILES string of the molecule is C/C=C\C=C/C1=CB2c3ccccc3N(c3ccccc3)c3cc(-c4ccccc4)cc(c32)N1c1ccccc1. The van der Waals surface area contributed by atoms with E-state index in [1.165, 1.54) is 44.8 Å². The predicted molar refractivity (Wildman–Crippen MR) is 172 cm³/mol. The summed E-state index contributed by atoms with van der Waals surface area (Å²) in [5.41, 5.74) is 12.2. The van der Waals surface area contributed by atoms with Gasteiger partial charge in [0.15, 0.2) is 0 Å². The van der Waals surface area contributed by atoms with Crippen molar-refractivity contribution in [3.05, 3.63) is 163 Å². The van der Waals surface area contributed by atoms with Crippen molar-refractivity contribution in [1.29, 1.82) is 0 Å². The molecule has 5 aromatic rings. The predicted octanol–water partition coefficient (Wildman–Crippen LogP) is 8.45. The fourth-order valence-electron chi connectivity index (χ4n) is 6.02. The summed E-state index contributed by atoms with van der Waals surface area (Å²) in [5.74, 6) is 2.43. The van der Waals surface area contributed by atoms with Gasteiger partial charge in [0.05, 0.1) is 0 Å². The smallest absolute Gasteiger partial charge is 0.244 e. The molecule has 2 heterocycles. The molecule has 2 aliphatic rings. The highest BCUT2D eigenvalue weighted by atomic mass is 15.2. The molecule has 0 radical (unpaired) electrons. The van der Waals surface area contributed by atoms with Crippen LogP contribution in [0.25, 0.3) is 11.1 Å². The summed E-state index contributed by atoms with van der Waals surface area (Å²) in [5, 5.41) is 0. The number of hydrogen-bond acceptors (Lipinski definition) is 2. The molecule has 0 atom stereocenters. The number of fused-ring (bicyclic) bond motifs is 2. The topological polar surface area (TPSA) is 6.48 Å². The standard InChI is InChI=1S/C37H29BN2/c1-2-3-7-22-32-27-38-33-23-14-15-24-34(33)40(31-20-12-6-13-21-31)36-26-29(28-16-8-4-9-17-28)25-35(37(36)38)39(32)30-18-10-5-11-19-30/h2-27H,1H3/b3-2-,22-7-. The molecule has 0 N–H and O–H groups in total. The van der Waals surface area contributed by atoms with Crippen molar-refractivity contribution in [2.45, 2.75) is 6.92 Å². The summed E-state index contributed by atoms with van der Waals surface area (Å²) in [4.78, 5) is 4.85. The van der Waals surface area contributed by atoms with Crippen molar-refractivity contribution >= 4 is 46.1 Å². The van der Waals surface area contributed by atoms with Gasteiger partial charge in [-0.25, -0.2) is 0 Å². The van der Waals surface area contributed by atoms with Gasteiger partial charge in [-0.05, 0) is 77.5 Å². The number of allylic oxidation sites excluding steroid dienone is 4. The van der Waals surface area contributed by atoms with Gasteiger partial charge in [-0.1, -0.05) is 109 Å². The molecule has 2 nitrogen and oxygen atoms in total. The molecule has 0 aliphatic carbocycles. The van der Waals surface area contributed by atoms with Crippen LogP contribution in [0.4, 0.5) is 28.4 Å². The van der Waals surface area contributed by atoms with Crippen LogP contribution in [-0.2, 0) is 0 Å². The second-order valence-electron chi connectivity index (χ2n) is 10.1. The van der Waals surface area contributed by atoms with Gasteiger partial charge in [-0.3, -0.25) is 0 Å². The van der Waals surface area contributed by atoms with E-state index in [0.29, 0.717) is 0 Å². The van der Waals surface area contributed by atoms with Crippen LogP contribution in [0, 0.1) is 0 Å². The molecule has 0 saturated heterocycles. The zero-order valence-electron chi connectivity index (χ0n) is 22.5. The first-order chi connectivity index (χ1) is 19.8. The van der Waals surface area contributed by atoms with E-state index in [-0.39, 0.29) is 6.71 Å². The molecule has 0 fully saturated rings. The average Bonchev–Trinajstić information content (AvgIpc) is 3.02. The molecule has 0 bridgehead atoms. The van der Waals surface area contributed by atoms with Crippen molar-refractivity contribution in [2.75, 3.05) is 9.80 Å². The van der Waals surface area contributed by atoms with Crippen LogP contribution >= 0.6 is 0 Å². The maximum atomic E-state index is 2.44. The minimum atomic E-state index is 0.135. The Balaban J connectivity index is 1.57. The van der Waals surface area contributed by atoms with E-state index in [2.05, 4.69) is 174 Å². The monoisotopic (exact) mass is 512 g/mol. The maximum absolute atomic E-state index is 2.44. The summed E-state index contributed by atoms with van der Waals surface area (Å²) in [7, 11) is 0. The largest absolute Gasteiger partial charge is 0.312 e. The number of hydrogen-bond donors (Lipinski definition) is 0. The van der Waals surface area contributed by atoms with Gasteiger partial charge < -0.3 is 9.80 Å². The minimum absolute atomic E-state index is 0.135. The second kappa shape index (κ2) is 10.3. The zero-order chi connectivity index (χ0) is 26.9. The van der Waals surface area contributed by atoms with E-state index in [4.69, 9.17) is 0 Å². The number of anilines is 5. The molecule has 0 aromatic heterocycles. The van der Waals surface area contributed by atoms with E-state index < -0.39 is 0 Å². The molecule has 5 aromatic carbocycles. The van der Waals surface area contributed by atoms with Gasteiger partial charge >= 0.3 is 0 Å². The molecule has 190 valence electrons. The molecular weight excluding hydrogens is 483 g/mol. The third kappa shape index (κ3) is 4.08. The van der Waals surface area contributed by atoms with Gasteiger partial charge in [-0.2, -0.15) is 0 Å². The minimum Gasteiger partial charge on any atom is -0.312 e. The van der Waals surface area contributed by atoms with Crippen LogP contribution in [0.2, 0.25) is 0 Å². The fraction of sp³-hybridized carbons (Fsp3) is 0.0270. The van der Waals surface area contributed by atoms with Gasteiger partial charge in [0, 0.05) is 34.1 Å². The molecule has 0 unspecified atom stereocenters. The van der Waals surface area contributed by atoms with Crippen LogP contribution in [0.3, 0.4) is 0 Å². The van der Waals surface area contributed by atoms with Gasteiger partial charge in [0.1, 0.15) is 0 Å². The Morgan fingerprint density at radius 2 is 1.12 bits per heavy atom. The van der Waals surface area contributed by atoms with Crippen molar-refractivity contribution in [3.63, 3.8) is 0 Å². The highest BCUT2D eigenvalue weighted by Crippen LogP contribution is 2.44. The molecule has 0 spiro atoms. The first-order valence-electron chi connectivity index (χ1n) is 13.9. The Bertz CT molecular complexity index is 1750. The third-order valence-corrected chi connectivity index (χ3v) is 7.74. The van der Waals surface area contributed by atoms with Crippen LogP contribution in [-0.4, -0.2) is 6.71 Å².